The van der Waals surface area contributed by atoms with Gasteiger partial charge in [-0.15, -0.1) is 0 Å². The van der Waals surface area contributed by atoms with Crippen molar-refractivity contribution in [3.63, 3.8) is 0 Å². The lowest BCUT2D eigenvalue weighted by molar-refractivity contribution is -0.136. The highest BCUT2D eigenvalue weighted by Crippen LogP contribution is 2.17. The third-order valence-corrected chi connectivity index (χ3v) is 3.39. The van der Waals surface area contributed by atoms with Crippen LogP contribution in [-0.2, 0) is 9.53 Å². The van der Waals surface area contributed by atoms with E-state index in [-0.39, 0.29) is 5.91 Å². The highest BCUT2D eigenvalue weighted by molar-refractivity contribution is 5.85. The Labute approximate surface area is 104 Å². The van der Waals surface area contributed by atoms with Gasteiger partial charge in [0.1, 0.15) is 0 Å². The molecule has 1 amide bonds. The van der Waals surface area contributed by atoms with Gasteiger partial charge in [0, 0.05) is 20.2 Å². The van der Waals surface area contributed by atoms with Gasteiger partial charge in [0.2, 0.25) is 5.91 Å². The van der Waals surface area contributed by atoms with Crippen molar-refractivity contribution in [2.75, 3.05) is 26.8 Å². The lowest BCUT2D eigenvalue weighted by atomic mass is 9.94. The molecule has 0 radical (unpaired) electrons. The van der Waals surface area contributed by atoms with Crippen molar-refractivity contribution < 1.29 is 9.53 Å². The van der Waals surface area contributed by atoms with E-state index < -0.39 is 5.54 Å². The molecular formula is C13H26N2O2. The highest BCUT2D eigenvalue weighted by atomic mass is 16.5. The van der Waals surface area contributed by atoms with Crippen molar-refractivity contribution in [1.29, 1.82) is 0 Å². The Morgan fingerprint density at radius 1 is 1.59 bits per heavy atom. The van der Waals surface area contributed by atoms with Crippen LogP contribution in [0.4, 0.5) is 0 Å². The summed E-state index contributed by atoms with van der Waals surface area (Å²) in [5.74, 6) is 0.514. The molecule has 1 fully saturated rings. The molecule has 0 saturated carbocycles. The van der Waals surface area contributed by atoms with E-state index in [9.17, 15) is 4.79 Å². The summed E-state index contributed by atoms with van der Waals surface area (Å²) in [4.78, 5) is 14.0. The molecule has 1 heterocycles. The zero-order chi connectivity index (χ0) is 12.9. The summed E-state index contributed by atoms with van der Waals surface area (Å²) in [6.07, 6.45) is 3.91. The third-order valence-electron chi connectivity index (χ3n) is 3.39. The number of ether oxygens (including phenoxy) is 1. The van der Waals surface area contributed by atoms with Crippen LogP contribution in [0.5, 0.6) is 0 Å². The van der Waals surface area contributed by atoms with Crippen molar-refractivity contribution in [3.05, 3.63) is 0 Å². The number of rotatable bonds is 5. The SMILES string of the molecule is CCCC(C)(N)C(=O)N(C)CC1CCCOC1. The lowest BCUT2D eigenvalue weighted by Crippen LogP contribution is -2.53. The van der Waals surface area contributed by atoms with Gasteiger partial charge < -0.3 is 15.4 Å². The summed E-state index contributed by atoms with van der Waals surface area (Å²) >= 11 is 0. The molecule has 17 heavy (non-hydrogen) atoms. The van der Waals surface area contributed by atoms with Crippen molar-refractivity contribution in [2.24, 2.45) is 11.7 Å². The summed E-state index contributed by atoms with van der Waals surface area (Å²) < 4.78 is 5.43. The Balaban J connectivity index is 2.45. The Hall–Kier alpha value is -0.610. The first-order chi connectivity index (χ1) is 7.97. The number of nitrogens with zero attached hydrogens (tertiary/aromatic N) is 1. The summed E-state index contributed by atoms with van der Waals surface area (Å²) in [5, 5.41) is 0. The van der Waals surface area contributed by atoms with Gasteiger partial charge in [0.05, 0.1) is 12.1 Å². The average Bonchev–Trinajstić information content (AvgIpc) is 2.29. The van der Waals surface area contributed by atoms with E-state index in [2.05, 4.69) is 0 Å². The van der Waals surface area contributed by atoms with E-state index in [1.807, 2.05) is 20.9 Å². The Bertz CT molecular complexity index is 248. The van der Waals surface area contributed by atoms with Gasteiger partial charge in [-0.05, 0) is 32.1 Å². The Kier molecular flexibility index (Phi) is 5.40. The second-order valence-corrected chi connectivity index (χ2v) is 5.44. The predicted molar refractivity (Wildman–Crippen MR) is 68.7 cm³/mol. The predicted octanol–water partition coefficient (Wildman–Crippen LogP) is 1.39. The summed E-state index contributed by atoms with van der Waals surface area (Å²) in [6, 6.07) is 0. The maximum Gasteiger partial charge on any atom is 0.242 e. The minimum atomic E-state index is -0.723. The van der Waals surface area contributed by atoms with Gasteiger partial charge in [-0.2, -0.15) is 0 Å². The summed E-state index contributed by atoms with van der Waals surface area (Å²) in [7, 11) is 1.84. The molecular weight excluding hydrogens is 216 g/mol. The van der Waals surface area contributed by atoms with Gasteiger partial charge in [0.15, 0.2) is 0 Å². The third kappa shape index (κ3) is 4.28. The second kappa shape index (κ2) is 6.36. The molecule has 0 aromatic heterocycles. The number of amides is 1. The largest absolute Gasteiger partial charge is 0.381 e. The molecule has 0 aliphatic carbocycles. The van der Waals surface area contributed by atoms with E-state index in [0.29, 0.717) is 5.92 Å². The lowest BCUT2D eigenvalue weighted by Gasteiger charge is -2.32. The number of hydrogen-bond donors (Lipinski definition) is 1. The molecule has 4 nitrogen and oxygen atoms in total. The molecule has 0 aromatic carbocycles. The van der Waals surface area contributed by atoms with E-state index in [1.54, 1.807) is 4.90 Å². The van der Waals surface area contributed by atoms with Crippen LogP contribution in [0.2, 0.25) is 0 Å². The summed E-state index contributed by atoms with van der Waals surface area (Å²) in [6.45, 7) is 6.26. The van der Waals surface area contributed by atoms with E-state index in [0.717, 1.165) is 45.4 Å². The fourth-order valence-corrected chi connectivity index (χ4v) is 2.48. The normalized spacial score (nSPS) is 24.1. The maximum atomic E-state index is 12.2. The number of carbonyl (C=O) groups is 1. The Morgan fingerprint density at radius 2 is 2.29 bits per heavy atom. The molecule has 1 aliphatic rings. The molecule has 2 unspecified atom stereocenters. The average molecular weight is 242 g/mol. The fraction of sp³-hybridized carbons (Fsp3) is 0.923. The molecule has 4 heteroatoms. The molecule has 1 aliphatic heterocycles. The second-order valence-electron chi connectivity index (χ2n) is 5.44. The van der Waals surface area contributed by atoms with Crippen LogP contribution in [0.15, 0.2) is 0 Å². The molecule has 0 aromatic rings. The van der Waals surface area contributed by atoms with Crippen molar-refractivity contribution in [1.82, 2.24) is 4.90 Å². The van der Waals surface area contributed by atoms with Gasteiger partial charge in [-0.1, -0.05) is 13.3 Å². The van der Waals surface area contributed by atoms with Crippen LogP contribution in [0.3, 0.4) is 0 Å². The van der Waals surface area contributed by atoms with Crippen LogP contribution < -0.4 is 5.73 Å². The van der Waals surface area contributed by atoms with Gasteiger partial charge in [0.25, 0.3) is 0 Å². The van der Waals surface area contributed by atoms with Crippen LogP contribution in [0.1, 0.15) is 39.5 Å². The van der Waals surface area contributed by atoms with E-state index in [4.69, 9.17) is 10.5 Å². The zero-order valence-electron chi connectivity index (χ0n) is 11.4. The van der Waals surface area contributed by atoms with Crippen LogP contribution in [0.25, 0.3) is 0 Å². The highest BCUT2D eigenvalue weighted by Gasteiger charge is 2.31. The summed E-state index contributed by atoms with van der Waals surface area (Å²) in [5.41, 5.74) is 5.33. The van der Waals surface area contributed by atoms with Crippen LogP contribution in [0, 0.1) is 5.92 Å². The first-order valence-corrected chi connectivity index (χ1v) is 6.59. The molecule has 2 N–H and O–H groups in total. The monoisotopic (exact) mass is 242 g/mol. The minimum Gasteiger partial charge on any atom is -0.381 e. The molecule has 100 valence electrons. The number of likely N-dealkylation sites (N-methyl/N-ethyl adjacent to an activating group) is 1. The van der Waals surface area contributed by atoms with Gasteiger partial charge in [-0.25, -0.2) is 0 Å². The van der Waals surface area contributed by atoms with Crippen molar-refractivity contribution in [3.8, 4) is 0 Å². The molecule has 2 atom stereocenters. The quantitative estimate of drug-likeness (QED) is 0.792. The molecule has 1 rings (SSSR count). The molecule has 1 saturated heterocycles. The minimum absolute atomic E-state index is 0.0462. The number of nitrogens with two attached hydrogens (primary N) is 1. The molecule has 0 bridgehead atoms. The van der Waals surface area contributed by atoms with E-state index in [1.165, 1.54) is 0 Å². The first kappa shape index (κ1) is 14.5. The van der Waals surface area contributed by atoms with Gasteiger partial charge >= 0.3 is 0 Å². The van der Waals surface area contributed by atoms with Crippen molar-refractivity contribution >= 4 is 5.91 Å². The first-order valence-electron chi connectivity index (χ1n) is 6.59. The Morgan fingerprint density at radius 3 is 2.82 bits per heavy atom. The molecule has 0 spiro atoms. The van der Waals surface area contributed by atoms with Crippen LogP contribution in [-0.4, -0.2) is 43.2 Å². The number of carbonyl (C=O) groups excluding carboxylic acids is 1. The zero-order valence-corrected chi connectivity index (χ0v) is 11.4. The smallest absolute Gasteiger partial charge is 0.242 e. The maximum absolute atomic E-state index is 12.2. The topological polar surface area (TPSA) is 55.6 Å². The van der Waals surface area contributed by atoms with Crippen molar-refractivity contribution in [2.45, 2.75) is 45.1 Å². The van der Waals surface area contributed by atoms with Crippen LogP contribution >= 0.6 is 0 Å². The van der Waals surface area contributed by atoms with E-state index >= 15 is 0 Å². The van der Waals surface area contributed by atoms with Gasteiger partial charge in [-0.3, -0.25) is 4.79 Å². The fourth-order valence-electron chi connectivity index (χ4n) is 2.48. The number of hydrogen-bond acceptors (Lipinski definition) is 3. The standard InChI is InChI=1S/C13H26N2O2/c1-4-7-13(2,14)12(16)15(3)9-11-6-5-8-17-10-11/h11H,4-10,14H2,1-3H3.